The van der Waals surface area contributed by atoms with Crippen molar-refractivity contribution in [2.75, 3.05) is 14.2 Å². The van der Waals surface area contributed by atoms with E-state index in [2.05, 4.69) is 5.32 Å². The van der Waals surface area contributed by atoms with Crippen LogP contribution in [0.5, 0.6) is 5.75 Å². The standard InChI is InChI=1S/C15H21NO3/c1-10(12-6-4-5-7-13(12)18-2)16-14(11-8-9-11)15(17)19-3/h4-7,10-11,14,16H,8-9H2,1-3H3/t10-,14?/m0/s1. The van der Waals surface area contributed by atoms with E-state index in [0.29, 0.717) is 5.92 Å². The van der Waals surface area contributed by atoms with Gasteiger partial charge in [0.15, 0.2) is 0 Å². The minimum atomic E-state index is -0.218. The van der Waals surface area contributed by atoms with Crippen LogP contribution in [-0.4, -0.2) is 26.2 Å². The molecule has 0 aromatic heterocycles. The topological polar surface area (TPSA) is 47.6 Å². The smallest absolute Gasteiger partial charge is 0.323 e. The molecule has 0 heterocycles. The minimum absolute atomic E-state index is 0.0425. The molecule has 1 N–H and O–H groups in total. The summed E-state index contributed by atoms with van der Waals surface area (Å²) in [5.41, 5.74) is 1.06. The van der Waals surface area contributed by atoms with Crippen LogP contribution in [0.2, 0.25) is 0 Å². The van der Waals surface area contributed by atoms with Gasteiger partial charge in [-0.3, -0.25) is 10.1 Å². The molecule has 1 fully saturated rings. The molecule has 0 radical (unpaired) electrons. The maximum atomic E-state index is 11.8. The van der Waals surface area contributed by atoms with Gasteiger partial charge in [0.1, 0.15) is 11.8 Å². The summed E-state index contributed by atoms with van der Waals surface area (Å²) < 4.78 is 10.2. The molecule has 0 bridgehead atoms. The molecule has 1 unspecified atom stereocenters. The van der Waals surface area contributed by atoms with Gasteiger partial charge >= 0.3 is 5.97 Å². The first-order valence-electron chi connectivity index (χ1n) is 6.64. The molecule has 19 heavy (non-hydrogen) atoms. The highest BCUT2D eigenvalue weighted by molar-refractivity contribution is 5.76. The van der Waals surface area contributed by atoms with E-state index in [1.54, 1.807) is 7.11 Å². The molecule has 4 nitrogen and oxygen atoms in total. The van der Waals surface area contributed by atoms with Gasteiger partial charge in [-0.15, -0.1) is 0 Å². The van der Waals surface area contributed by atoms with E-state index in [4.69, 9.17) is 9.47 Å². The molecule has 1 aromatic carbocycles. The van der Waals surface area contributed by atoms with Crippen molar-refractivity contribution in [3.63, 3.8) is 0 Å². The summed E-state index contributed by atoms with van der Waals surface area (Å²) >= 11 is 0. The second kappa shape index (κ2) is 6.06. The fourth-order valence-electron chi connectivity index (χ4n) is 2.34. The Kier molecular flexibility index (Phi) is 4.43. The van der Waals surface area contributed by atoms with Gasteiger partial charge in [-0.1, -0.05) is 18.2 Å². The van der Waals surface area contributed by atoms with Crippen LogP contribution in [0.4, 0.5) is 0 Å². The predicted octanol–water partition coefficient (Wildman–Crippen LogP) is 2.30. The lowest BCUT2D eigenvalue weighted by Crippen LogP contribution is -2.40. The van der Waals surface area contributed by atoms with E-state index in [1.165, 1.54) is 7.11 Å². The highest BCUT2D eigenvalue weighted by Gasteiger charge is 2.37. The molecule has 2 atom stereocenters. The van der Waals surface area contributed by atoms with Gasteiger partial charge in [-0.05, 0) is 31.7 Å². The monoisotopic (exact) mass is 263 g/mol. The molecule has 4 heteroatoms. The number of hydrogen-bond donors (Lipinski definition) is 1. The van der Waals surface area contributed by atoms with Crippen LogP contribution in [0.15, 0.2) is 24.3 Å². The Hall–Kier alpha value is -1.55. The van der Waals surface area contributed by atoms with Crippen LogP contribution in [0.1, 0.15) is 31.4 Å². The summed E-state index contributed by atoms with van der Waals surface area (Å²) in [6, 6.07) is 7.68. The van der Waals surface area contributed by atoms with Gasteiger partial charge in [0.05, 0.1) is 14.2 Å². The Labute approximate surface area is 114 Å². The molecular formula is C15H21NO3. The number of rotatable bonds is 6. The number of esters is 1. The van der Waals surface area contributed by atoms with Crippen LogP contribution in [0.25, 0.3) is 0 Å². The van der Waals surface area contributed by atoms with Crippen molar-refractivity contribution < 1.29 is 14.3 Å². The molecule has 1 aliphatic rings. The zero-order valence-corrected chi connectivity index (χ0v) is 11.7. The van der Waals surface area contributed by atoms with E-state index in [9.17, 15) is 4.79 Å². The van der Waals surface area contributed by atoms with Crippen molar-refractivity contribution in [1.82, 2.24) is 5.32 Å². The van der Waals surface area contributed by atoms with Crippen LogP contribution in [0.3, 0.4) is 0 Å². The van der Waals surface area contributed by atoms with Crippen molar-refractivity contribution >= 4 is 5.97 Å². The number of carbonyl (C=O) groups excluding carboxylic acids is 1. The molecule has 2 rings (SSSR count). The van der Waals surface area contributed by atoms with E-state index in [1.807, 2.05) is 31.2 Å². The molecule has 104 valence electrons. The molecule has 1 aromatic rings. The van der Waals surface area contributed by atoms with Gasteiger partial charge in [0, 0.05) is 11.6 Å². The molecule has 1 saturated carbocycles. The number of carbonyl (C=O) groups is 1. The summed E-state index contributed by atoms with van der Waals surface area (Å²) in [6.07, 6.45) is 2.18. The second-order valence-corrected chi connectivity index (χ2v) is 4.97. The summed E-state index contributed by atoms with van der Waals surface area (Å²) in [4.78, 5) is 11.8. The third-order valence-corrected chi connectivity index (χ3v) is 3.58. The lowest BCUT2D eigenvalue weighted by atomic mass is 10.0. The van der Waals surface area contributed by atoms with Gasteiger partial charge < -0.3 is 9.47 Å². The first-order chi connectivity index (χ1) is 9.17. The van der Waals surface area contributed by atoms with E-state index in [0.717, 1.165) is 24.2 Å². The largest absolute Gasteiger partial charge is 0.496 e. The third-order valence-electron chi connectivity index (χ3n) is 3.58. The zero-order chi connectivity index (χ0) is 13.8. The lowest BCUT2D eigenvalue weighted by Gasteiger charge is -2.22. The number of ether oxygens (including phenoxy) is 2. The summed E-state index contributed by atoms with van der Waals surface area (Å²) in [5.74, 6) is 1.07. The Morgan fingerprint density at radius 1 is 1.32 bits per heavy atom. The Morgan fingerprint density at radius 2 is 2.00 bits per heavy atom. The molecule has 0 saturated heterocycles. The average Bonchev–Trinajstić information content (AvgIpc) is 3.28. The molecule has 0 aliphatic heterocycles. The lowest BCUT2D eigenvalue weighted by molar-refractivity contribution is -0.144. The van der Waals surface area contributed by atoms with Crippen LogP contribution < -0.4 is 10.1 Å². The van der Waals surface area contributed by atoms with E-state index < -0.39 is 0 Å². The fraction of sp³-hybridized carbons (Fsp3) is 0.533. The maximum Gasteiger partial charge on any atom is 0.323 e. The second-order valence-electron chi connectivity index (χ2n) is 4.97. The highest BCUT2D eigenvalue weighted by atomic mass is 16.5. The SMILES string of the molecule is COC(=O)C(N[C@@H](C)c1ccccc1OC)C1CC1. The fourth-order valence-corrected chi connectivity index (χ4v) is 2.34. The number of para-hydroxylation sites is 1. The first-order valence-corrected chi connectivity index (χ1v) is 6.64. The van der Waals surface area contributed by atoms with E-state index >= 15 is 0 Å². The summed E-state index contributed by atoms with van der Waals surface area (Å²) in [7, 11) is 3.09. The maximum absolute atomic E-state index is 11.8. The van der Waals surface area contributed by atoms with Crippen LogP contribution >= 0.6 is 0 Å². The van der Waals surface area contributed by atoms with E-state index in [-0.39, 0.29) is 18.1 Å². The predicted molar refractivity (Wildman–Crippen MR) is 73.1 cm³/mol. The first kappa shape index (κ1) is 13.9. The average molecular weight is 263 g/mol. The van der Waals surface area contributed by atoms with Gasteiger partial charge in [-0.2, -0.15) is 0 Å². The quantitative estimate of drug-likeness (QED) is 0.800. The van der Waals surface area contributed by atoms with Gasteiger partial charge in [0.25, 0.3) is 0 Å². The summed E-state index contributed by atoms with van der Waals surface area (Å²) in [5, 5.41) is 3.37. The van der Waals surface area contributed by atoms with Crippen molar-refractivity contribution in [2.45, 2.75) is 31.8 Å². The van der Waals surface area contributed by atoms with Crippen LogP contribution in [0, 0.1) is 5.92 Å². The minimum Gasteiger partial charge on any atom is -0.496 e. The Balaban J connectivity index is 2.10. The van der Waals surface area contributed by atoms with Crippen LogP contribution in [-0.2, 0) is 9.53 Å². The molecule has 0 amide bonds. The van der Waals surface area contributed by atoms with Crippen molar-refractivity contribution in [2.24, 2.45) is 5.92 Å². The molecule has 0 spiro atoms. The van der Waals surface area contributed by atoms with Gasteiger partial charge in [0.2, 0.25) is 0 Å². The number of hydrogen-bond acceptors (Lipinski definition) is 4. The molecular weight excluding hydrogens is 242 g/mol. The van der Waals surface area contributed by atoms with Crippen molar-refractivity contribution in [3.8, 4) is 5.75 Å². The number of nitrogens with one attached hydrogen (secondary N) is 1. The van der Waals surface area contributed by atoms with Crippen molar-refractivity contribution in [1.29, 1.82) is 0 Å². The normalized spacial score (nSPS) is 17.6. The number of benzene rings is 1. The van der Waals surface area contributed by atoms with Gasteiger partial charge in [-0.25, -0.2) is 0 Å². The Morgan fingerprint density at radius 3 is 2.58 bits per heavy atom. The third kappa shape index (κ3) is 3.26. The van der Waals surface area contributed by atoms with Crippen molar-refractivity contribution in [3.05, 3.63) is 29.8 Å². The molecule has 1 aliphatic carbocycles. The summed E-state index contributed by atoms with van der Waals surface area (Å²) in [6.45, 7) is 2.04. The number of methoxy groups -OCH3 is 2. The Bertz CT molecular complexity index is 443. The highest BCUT2D eigenvalue weighted by Crippen LogP contribution is 2.35. The zero-order valence-electron chi connectivity index (χ0n) is 11.7.